The Balaban J connectivity index is 2.04. The standard InChI is InChI=1S/C16H24N4O/c1-4-8-17-10-15-16(7-6-13(3)19-15)21-11-14-9-18-12-20(14)5-2/h6-7,9,12,17H,4-5,8,10-11H2,1-3H3. The van der Waals surface area contributed by atoms with Gasteiger partial charge in [-0.2, -0.15) is 0 Å². The SMILES string of the molecule is CCCNCc1nc(C)ccc1OCc1cncn1CC. The van der Waals surface area contributed by atoms with Gasteiger partial charge < -0.3 is 14.6 Å². The van der Waals surface area contributed by atoms with E-state index in [1.54, 1.807) is 0 Å². The van der Waals surface area contributed by atoms with Gasteiger partial charge in [-0.3, -0.25) is 4.98 Å². The summed E-state index contributed by atoms with van der Waals surface area (Å²) in [7, 11) is 0. The average molecular weight is 288 g/mol. The third kappa shape index (κ3) is 4.29. The van der Waals surface area contributed by atoms with E-state index in [4.69, 9.17) is 4.74 Å². The molecule has 0 aliphatic heterocycles. The highest BCUT2D eigenvalue weighted by atomic mass is 16.5. The first kappa shape index (κ1) is 15.5. The summed E-state index contributed by atoms with van der Waals surface area (Å²) < 4.78 is 8.03. The molecule has 0 unspecified atom stereocenters. The lowest BCUT2D eigenvalue weighted by Crippen LogP contribution is -2.16. The highest BCUT2D eigenvalue weighted by molar-refractivity contribution is 5.29. The lowest BCUT2D eigenvalue weighted by atomic mass is 10.2. The summed E-state index contributed by atoms with van der Waals surface area (Å²) in [4.78, 5) is 8.73. The molecular weight excluding hydrogens is 264 g/mol. The molecule has 114 valence electrons. The van der Waals surface area contributed by atoms with E-state index < -0.39 is 0 Å². The quantitative estimate of drug-likeness (QED) is 0.759. The zero-order valence-electron chi connectivity index (χ0n) is 13.1. The van der Waals surface area contributed by atoms with Crippen LogP contribution >= 0.6 is 0 Å². The number of hydrogen-bond donors (Lipinski definition) is 1. The number of nitrogens with zero attached hydrogens (tertiary/aromatic N) is 3. The first-order chi connectivity index (χ1) is 10.2. The molecule has 1 N–H and O–H groups in total. The zero-order chi connectivity index (χ0) is 15.1. The molecule has 0 saturated carbocycles. The van der Waals surface area contributed by atoms with E-state index in [2.05, 4.69) is 33.7 Å². The van der Waals surface area contributed by atoms with Crippen molar-refractivity contribution in [1.82, 2.24) is 19.9 Å². The van der Waals surface area contributed by atoms with E-state index in [9.17, 15) is 0 Å². The minimum absolute atomic E-state index is 0.513. The van der Waals surface area contributed by atoms with Crippen LogP contribution in [0.25, 0.3) is 0 Å². The first-order valence-corrected chi connectivity index (χ1v) is 7.53. The Morgan fingerprint density at radius 3 is 2.90 bits per heavy atom. The van der Waals surface area contributed by atoms with Crippen molar-refractivity contribution in [3.8, 4) is 5.75 Å². The van der Waals surface area contributed by atoms with E-state index in [0.717, 1.165) is 48.9 Å². The van der Waals surface area contributed by atoms with Crippen molar-refractivity contribution in [3.63, 3.8) is 0 Å². The van der Waals surface area contributed by atoms with Crippen LogP contribution < -0.4 is 10.1 Å². The van der Waals surface area contributed by atoms with Gasteiger partial charge in [-0.05, 0) is 38.9 Å². The van der Waals surface area contributed by atoms with Crippen molar-refractivity contribution in [2.45, 2.75) is 46.9 Å². The molecule has 2 aromatic rings. The Kier molecular flexibility index (Phi) is 5.75. The largest absolute Gasteiger partial charge is 0.485 e. The van der Waals surface area contributed by atoms with Crippen LogP contribution in [-0.2, 0) is 19.7 Å². The molecule has 0 saturated heterocycles. The fraction of sp³-hybridized carbons (Fsp3) is 0.500. The second kappa shape index (κ2) is 7.78. The molecule has 2 rings (SSSR count). The van der Waals surface area contributed by atoms with E-state index in [0.29, 0.717) is 6.61 Å². The van der Waals surface area contributed by atoms with Crippen molar-refractivity contribution in [1.29, 1.82) is 0 Å². The fourth-order valence-corrected chi connectivity index (χ4v) is 2.14. The van der Waals surface area contributed by atoms with Gasteiger partial charge in [0.15, 0.2) is 0 Å². The van der Waals surface area contributed by atoms with Gasteiger partial charge in [0, 0.05) is 18.8 Å². The third-order valence-corrected chi connectivity index (χ3v) is 3.31. The van der Waals surface area contributed by atoms with Crippen LogP contribution in [0.4, 0.5) is 0 Å². The zero-order valence-corrected chi connectivity index (χ0v) is 13.1. The molecule has 0 atom stereocenters. The van der Waals surface area contributed by atoms with Gasteiger partial charge in [-0.1, -0.05) is 6.92 Å². The van der Waals surface area contributed by atoms with Gasteiger partial charge in [0.25, 0.3) is 0 Å². The Bertz CT molecular complexity index is 565. The van der Waals surface area contributed by atoms with Crippen molar-refractivity contribution >= 4 is 0 Å². The molecular formula is C16H24N4O. The topological polar surface area (TPSA) is 52.0 Å². The summed E-state index contributed by atoms with van der Waals surface area (Å²) in [6.07, 6.45) is 4.79. The lowest BCUT2D eigenvalue weighted by Gasteiger charge is -2.13. The van der Waals surface area contributed by atoms with Crippen molar-refractivity contribution in [3.05, 3.63) is 41.7 Å². The number of ether oxygens (including phenoxy) is 1. The summed E-state index contributed by atoms with van der Waals surface area (Å²) in [6, 6.07) is 3.98. The number of nitrogens with one attached hydrogen (secondary N) is 1. The van der Waals surface area contributed by atoms with Crippen LogP contribution in [0.15, 0.2) is 24.7 Å². The van der Waals surface area contributed by atoms with Crippen LogP contribution in [0.2, 0.25) is 0 Å². The molecule has 2 heterocycles. The van der Waals surface area contributed by atoms with E-state index in [1.165, 1.54) is 0 Å². The van der Waals surface area contributed by atoms with Crippen molar-refractivity contribution < 1.29 is 4.74 Å². The predicted molar refractivity (Wildman–Crippen MR) is 83.2 cm³/mol. The van der Waals surface area contributed by atoms with Crippen LogP contribution in [0.1, 0.15) is 37.4 Å². The summed E-state index contributed by atoms with van der Waals surface area (Å²) >= 11 is 0. The average Bonchev–Trinajstić information content (AvgIpc) is 2.94. The molecule has 0 bridgehead atoms. The van der Waals surface area contributed by atoms with Gasteiger partial charge in [0.2, 0.25) is 0 Å². The smallest absolute Gasteiger partial charge is 0.142 e. The Morgan fingerprint density at radius 1 is 1.29 bits per heavy atom. The fourth-order valence-electron chi connectivity index (χ4n) is 2.14. The number of pyridine rings is 1. The molecule has 5 nitrogen and oxygen atoms in total. The van der Waals surface area contributed by atoms with Gasteiger partial charge in [-0.25, -0.2) is 4.98 Å². The molecule has 21 heavy (non-hydrogen) atoms. The third-order valence-electron chi connectivity index (χ3n) is 3.31. The maximum absolute atomic E-state index is 5.95. The normalized spacial score (nSPS) is 10.8. The number of rotatable bonds is 8. The molecule has 5 heteroatoms. The first-order valence-electron chi connectivity index (χ1n) is 7.53. The summed E-state index contributed by atoms with van der Waals surface area (Å²) in [6.45, 7) is 9.38. The van der Waals surface area contributed by atoms with Gasteiger partial charge in [0.1, 0.15) is 12.4 Å². The second-order valence-corrected chi connectivity index (χ2v) is 5.03. The number of aryl methyl sites for hydroxylation is 2. The maximum atomic E-state index is 5.95. The molecule has 0 aliphatic rings. The number of imidazole rings is 1. The summed E-state index contributed by atoms with van der Waals surface area (Å²) in [5.74, 6) is 0.841. The maximum Gasteiger partial charge on any atom is 0.142 e. The molecule has 0 amide bonds. The lowest BCUT2D eigenvalue weighted by molar-refractivity contribution is 0.289. The minimum Gasteiger partial charge on any atom is -0.485 e. The molecule has 0 radical (unpaired) electrons. The Hall–Kier alpha value is -1.88. The monoisotopic (exact) mass is 288 g/mol. The van der Waals surface area contributed by atoms with Gasteiger partial charge in [-0.15, -0.1) is 0 Å². The number of hydrogen-bond acceptors (Lipinski definition) is 4. The predicted octanol–water partition coefficient (Wildman–Crippen LogP) is 2.69. The van der Waals surface area contributed by atoms with E-state index >= 15 is 0 Å². The van der Waals surface area contributed by atoms with Gasteiger partial charge in [0.05, 0.1) is 23.9 Å². The van der Waals surface area contributed by atoms with E-state index in [1.807, 2.05) is 31.6 Å². The molecule has 0 fully saturated rings. The Labute approximate surface area is 126 Å². The van der Waals surface area contributed by atoms with Gasteiger partial charge >= 0.3 is 0 Å². The van der Waals surface area contributed by atoms with E-state index in [-0.39, 0.29) is 0 Å². The van der Waals surface area contributed by atoms with Crippen molar-refractivity contribution in [2.75, 3.05) is 6.54 Å². The number of aromatic nitrogens is 3. The highest BCUT2D eigenvalue weighted by Crippen LogP contribution is 2.18. The van der Waals surface area contributed by atoms with Crippen LogP contribution in [0, 0.1) is 6.92 Å². The van der Waals surface area contributed by atoms with Crippen LogP contribution in [0.5, 0.6) is 5.75 Å². The summed E-state index contributed by atoms with van der Waals surface area (Å²) in [5, 5.41) is 3.37. The minimum atomic E-state index is 0.513. The van der Waals surface area contributed by atoms with Crippen LogP contribution in [0.3, 0.4) is 0 Å². The molecule has 0 aromatic carbocycles. The van der Waals surface area contributed by atoms with Crippen LogP contribution in [-0.4, -0.2) is 21.1 Å². The second-order valence-electron chi connectivity index (χ2n) is 5.03. The Morgan fingerprint density at radius 2 is 2.14 bits per heavy atom. The summed E-state index contributed by atoms with van der Waals surface area (Å²) in [5.41, 5.74) is 3.05. The molecule has 0 aliphatic carbocycles. The van der Waals surface area contributed by atoms with Crippen molar-refractivity contribution in [2.24, 2.45) is 0 Å². The highest BCUT2D eigenvalue weighted by Gasteiger charge is 2.08. The molecule has 0 spiro atoms. The molecule has 2 aromatic heterocycles.